The van der Waals surface area contributed by atoms with E-state index in [9.17, 15) is 4.79 Å². The van der Waals surface area contributed by atoms with E-state index in [1.165, 1.54) is 4.90 Å². The molecule has 8 nitrogen and oxygen atoms in total. The SMILES string of the molecule is C[Si](C)(C)CCOCn1cc(Cl)c2c(O[C@@H]3CCN(C(=O)O)C3)nc(Cl)nc21. The Morgan fingerprint density at radius 2 is 2.11 bits per heavy atom. The molecule has 0 saturated carbocycles. The van der Waals surface area contributed by atoms with Crippen molar-refractivity contribution in [3.63, 3.8) is 0 Å². The first-order chi connectivity index (χ1) is 13.1. The highest BCUT2D eigenvalue weighted by Crippen LogP contribution is 2.34. The van der Waals surface area contributed by atoms with Crippen molar-refractivity contribution in [1.82, 2.24) is 19.4 Å². The second kappa shape index (κ2) is 8.44. The summed E-state index contributed by atoms with van der Waals surface area (Å²) in [7, 11) is -1.17. The van der Waals surface area contributed by atoms with Gasteiger partial charge in [-0.2, -0.15) is 9.97 Å². The molecule has 0 aromatic carbocycles. The lowest BCUT2D eigenvalue weighted by atomic mass is 10.3. The molecule has 1 N–H and O–H groups in total. The first-order valence-corrected chi connectivity index (χ1v) is 13.5. The Balaban J connectivity index is 1.77. The van der Waals surface area contributed by atoms with Crippen LogP contribution in [-0.4, -0.2) is 64.5 Å². The number of fused-ring (bicyclic) bond motifs is 1. The highest BCUT2D eigenvalue weighted by Gasteiger charge is 2.29. The van der Waals surface area contributed by atoms with Crippen LogP contribution in [0.3, 0.4) is 0 Å². The number of aromatic nitrogens is 3. The number of carbonyl (C=O) groups is 1. The van der Waals surface area contributed by atoms with Gasteiger partial charge in [0.1, 0.15) is 12.8 Å². The maximum atomic E-state index is 11.1. The van der Waals surface area contributed by atoms with Crippen LogP contribution in [0.25, 0.3) is 11.0 Å². The highest BCUT2D eigenvalue weighted by molar-refractivity contribution is 6.76. The van der Waals surface area contributed by atoms with Gasteiger partial charge >= 0.3 is 6.09 Å². The summed E-state index contributed by atoms with van der Waals surface area (Å²) in [6, 6.07) is 1.06. The minimum atomic E-state index is -1.17. The van der Waals surface area contributed by atoms with E-state index in [0.29, 0.717) is 42.4 Å². The van der Waals surface area contributed by atoms with Crippen molar-refractivity contribution in [3.8, 4) is 5.88 Å². The molecular formula is C17H24Cl2N4O4Si. The molecule has 1 saturated heterocycles. The topological polar surface area (TPSA) is 89.7 Å². The second-order valence-corrected chi connectivity index (χ2v) is 14.4. The molecular weight excluding hydrogens is 423 g/mol. The van der Waals surface area contributed by atoms with Gasteiger partial charge in [0.25, 0.3) is 0 Å². The molecule has 1 amide bonds. The first-order valence-electron chi connectivity index (χ1n) is 9.08. The Labute approximate surface area is 174 Å². The number of nitrogens with zero attached hydrogens (tertiary/aromatic N) is 4. The Kier molecular flexibility index (Phi) is 6.38. The molecule has 11 heteroatoms. The van der Waals surface area contributed by atoms with Gasteiger partial charge in [0.2, 0.25) is 11.2 Å². The lowest BCUT2D eigenvalue weighted by Crippen LogP contribution is -2.29. The number of hydrogen-bond donors (Lipinski definition) is 1. The summed E-state index contributed by atoms with van der Waals surface area (Å²) in [5.74, 6) is 0.262. The van der Waals surface area contributed by atoms with Gasteiger partial charge in [-0.05, 0) is 17.6 Å². The monoisotopic (exact) mass is 446 g/mol. The van der Waals surface area contributed by atoms with Crippen LogP contribution in [0.15, 0.2) is 6.20 Å². The molecule has 28 heavy (non-hydrogen) atoms. The maximum Gasteiger partial charge on any atom is 0.407 e. The van der Waals surface area contributed by atoms with Crippen LogP contribution in [0.2, 0.25) is 36.0 Å². The summed E-state index contributed by atoms with van der Waals surface area (Å²) < 4.78 is 13.5. The Morgan fingerprint density at radius 1 is 1.36 bits per heavy atom. The summed E-state index contributed by atoms with van der Waals surface area (Å²) >= 11 is 12.5. The fourth-order valence-corrected chi connectivity index (χ4v) is 4.16. The average Bonchev–Trinajstić information content (AvgIpc) is 3.16. The summed E-state index contributed by atoms with van der Waals surface area (Å²) in [4.78, 5) is 20.9. The van der Waals surface area contributed by atoms with E-state index in [0.717, 1.165) is 6.04 Å². The van der Waals surface area contributed by atoms with Crippen LogP contribution < -0.4 is 4.74 Å². The van der Waals surface area contributed by atoms with Gasteiger partial charge in [-0.3, -0.25) is 0 Å². The van der Waals surface area contributed by atoms with E-state index >= 15 is 0 Å². The zero-order valence-corrected chi connectivity index (χ0v) is 18.6. The van der Waals surface area contributed by atoms with E-state index in [4.69, 9.17) is 37.8 Å². The number of likely N-dealkylation sites (tertiary alicyclic amines) is 1. The molecule has 1 fully saturated rings. The average molecular weight is 447 g/mol. The fraction of sp³-hybridized carbons (Fsp3) is 0.588. The second-order valence-electron chi connectivity index (χ2n) is 8.05. The van der Waals surface area contributed by atoms with Crippen LogP contribution in [0.1, 0.15) is 6.42 Å². The van der Waals surface area contributed by atoms with Gasteiger partial charge in [-0.25, -0.2) is 4.79 Å². The third kappa shape index (κ3) is 5.08. The third-order valence-electron chi connectivity index (χ3n) is 4.53. The zero-order chi connectivity index (χ0) is 20.5. The largest absolute Gasteiger partial charge is 0.472 e. The van der Waals surface area contributed by atoms with Crippen LogP contribution in [0.5, 0.6) is 5.88 Å². The smallest absolute Gasteiger partial charge is 0.407 e. The molecule has 0 radical (unpaired) electrons. The molecule has 3 heterocycles. The Bertz CT molecular complexity index is 871. The van der Waals surface area contributed by atoms with Crippen molar-refractivity contribution in [3.05, 3.63) is 16.5 Å². The number of rotatable bonds is 7. The van der Waals surface area contributed by atoms with Gasteiger partial charge in [0.15, 0.2) is 5.65 Å². The van der Waals surface area contributed by atoms with Gasteiger partial charge in [0.05, 0.1) is 17.0 Å². The fourth-order valence-electron chi connectivity index (χ4n) is 2.96. The van der Waals surface area contributed by atoms with Gasteiger partial charge in [-0.15, -0.1) is 0 Å². The van der Waals surface area contributed by atoms with E-state index < -0.39 is 14.2 Å². The van der Waals surface area contributed by atoms with Crippen molar-refractivity contribution in [2.45, 2.75) is 44.9 Å². The van der Waals surface area contributed by atoms with E-state index in [1.807, 2.05) is 0 Å². The number of hydrogen-bond acceptors (Lipinski definition) is 5. The maximum absolute atomic E-state index is 11.1. The standard InChI is InChI=1S/C17H24Cl2N4O4Si/c1-28(2,3)7-6-26-10-23-9-12(18)13-14(23)20-16(19)21-15(13)27-11-4-5-22(8-11)17(24)25/h9,11H,4-8,10H2,1-3H3,(H,24,25)/t11-/m1/s1. The van der Waals surface area contributed by atoms with Gasteiger partial charge in [-0.1, -0.05) is 31.2 Å². The lowest BCUT2D eigenvalue weighted by molar-refractivity contribution is 0.0898. The normalized spacial score (nSPS) is 17.5. The molecule has 3 rings (SSSR count). The molecule has 0 bridgehead atoms. The molecule has 0 spiro atoms. The summed E-state index contributed by atoms with van der Waals surface area (Å²) in [5.41, 5.74) is 0.529. The van der Waals surface area contributed by atoms with Crippen molar-refractivity contribution in [2.75, 3.05) is 19.7 Å². The minimum Gasteiger partial charge on any atom is -0.472 e. The van der Waals surface area contributed by atoms with Crippen molar-refractivity contribution >= 4 is 48.4 Å². The summed E-state index contributed by atoms with van der Waals surface area (Å²) in [6.45, 7) is 8.55. The quantitative estimate of drug-likeness (QED) is 0.389. The van der Waals surface area contributed by atoms with Crippen LogP contribution in [-0.2, 0) is 11.5 Å². The molecule has 0 aliphatic carbocycles. The molecule has 2 aromatic rings. The molecule has 1 aliphatic heterocycles. The van der Waals surface area contributed by atoms with E-state index in [1.54, 1.807) is 10.8 Å². The number of halogens is 2. The molecule has 2 aromatic heterocycles. The minimum absolute atomic E-state index is 0.0358. The van der Waals surface area contributed by atoms with Gasteiger partial charge in [0, 0.05) is 33.8 Å². The predicted molar refractivity (Wildman–Crippen MR) is 110 cm³/mol. The zero-order valence-electron chi connectivity index (χ0n) is 16.1. The summed E-state index contributed by atoms with van der Waals surface area (Å²) in [5, 5.41) is 10.1. The van der Waals surface area contributed by atoms with E-state index in [2.05, 4.69) is 29.6 Å². The van der Waals surface area contributed by atoms with Crippen LogP contribution >= 0.6 is 23.2 Å². The van der Waals surface area contributed by atoms with Crippen molar-refractivity contribution < 1.29 is 19.4 Å². The molecule has 154 valence electrons. The number of ether oxygens (including phenoxy) is 2. The number of amides is 1. The van der Waals surface area contributed by atoms with E-state index in [-0.39, 0.29) is 23.8 Å². The van der Waals surface area contributed by atoms with Crippen molar-refractivity contribution in [1.29, 1.82) is 0 Å². The predicted octanol–water partition coefficient (Wildman–Crippen LogP) is 4.18. The first kappa shape index (κ1) is 21.2. The molecule has 0 unspecified atom stereocenters. The van der Waals surface area contributed by atoms with Crippen molar-refractivity contribution in [2.24, 2.45) is 0 Å². The Morgan fingerprint density at radius 3 is 2.75 bits per heavy atom. The van der Waals surface area contributed by atoms with Crippen LogP contribution in [0, 0.1) is 0 Å². The Hall–Kier alpha value is -1.55. The highest BCUT2D eigenvalue weighted by atomic mass is 35.5. The lowest BCUT2D eigenvalue weighted by Gasteiger charge is -2.16. The van der Waals surface area contributed by atoms with Crippen LogP contribution in [0.4, 0.5) is 4.79 Å². The number of carboxylic acid groups (broad SMARTS) is 1. The molecule has 1 aliphatic rings. The molecule has 1 atom stereocenters. The summed E-state index contributed by atoms with van der Waals surface area (Å²) in [6.07, 6.45) is 1.03. The van der Waals surface area contributed by atoms with Gasteiger partial charge < -0.3 is 24.0 Å². The third-order valence-corrected chi connectivity index (χ3v) is 6.69.